The first-order valence-electron chi connectivity index (χ1n) is 5.80. The number of hydrogen-bond donors (Lipinski definition) is 1. The van der Waals surface area contributed by atoms with Crippen molar-refractivity contribution in [3.05, 3.63) is 11.6 Å². The molecule has 0 spiro atoms. The lowest BCUT2D eigenvalue weighted by molar-refractivity contribution is 0.263. The van der Waals surface area contributed by atoms with Gasteiger partial charge in [-0.05, 0) is 25.2 Å². The van der Waals surface area contributed by atoms with E-state index in [0.29, 0.717) is 11.7 Å². The summed E-state index contributed by atoms with van der Waals surface area (Å²) >= 11 is 0. The Morgan fingerprint density at radius 1 is 1.47 bits per heavy atom. The van der Waals surface area contributed by atoms with Crippen molar-refractivity contribution >= 4 is 0 Å². The highest BCUT2D eigenvalue weighted by Gasteiger charge is 2.32. The van der Waals surface area contributed by atoms with Crippen LogP contribution in [0.5, 0.6) is 0 Å². The van der Waals surface area contributed by atoms with Crippen LogP contribution in [0.2, 0.25) is 0 Å². The summed E-state index contributed by atoms with van der Waals surface area (Å²) in [5, 5.41) is 17.4. The van der Waals surface area contributed by atoms with E-state index in [0.717, 1.165) is 24.7 Å². The van der Waals surface area contributed by atoms with Crippen molar-refractivity contribution < 1.29 is 5.11 Å². The molecule has 0 saturated heterocycles. The fourth-order valence-corrected chi connectivity index (χ4v) is 2.08. The van der Waals surface area contributed by atoms with Crippen molar-refractivity contribution in [3.8, 4) is 0 Å². The summed E-state index contributed by atoms with van der Waals surface area (Å²) < 4.78 is 2.09. The van der Waals surface area contributed by atoms with Gasteiger partial charge in [-0.15, -0.1) is 10.2 Å². The third-order valence-electron chi connectivity index (χ3n) is 3.18. The van der Waals surface area contributed by atoms with Crippen LogP contribution >= 0.6 is 0 Å². The number of hydrogen-bond acceptors (Lipinski definition) is 3. The molecule has 1 unspecified atom stereocenters. The normalized spacial score (nSPS) is 18.1. The minimum atomic E-state index is -0.00954. The highest BCUT2D eigenvalue weighted by molar-refractivity contribution is 5.05. The second-order valence-corrected chi connectivity index (χ2v) is 4.41. The van der Waals surface area contributed by atoms with Crippen LogP contribution in [0.3, 0.4) is 0 Å². The zero-order valence-corrected chi connectivity index (χ0v) is 9.48. The van der Waals surface area contributed by atoms with Gasteiger partial charge in [-0.2, -0.15) is 0 Å². The van der Waals surface area contributed by atoms with E-state index in [4.69, 9.17) is 0 Å². The van der Waals surface area contributed by atoms with E-state index in [1.165, 1.54) is 12.8 Å². The fraction of sp³-hybridized carbons (Fsp3) is 0.818. The molecule has 1 heterocycles. The van der Waals surface area contributed by atoms with Gasteiger partial charge < -0.3 is 9.67 Å². The molecule has 0 bridgehead atoms. The number of aliphatic hydroxyl groups is 1. The number of nitrogens with zero attached hydrogens (tertiary/aromatic N) is 3. The number of aromatic nitrogens is 3. The summed E-state index contributed by atoms with van der Waals surface area (Å²) in [5.41, 5.74) is 0. The summed E-state index contributed by atoms with van der Waals surface area (Å²) in [6.07, 6.45) is 3.68. The average molecular weight is 209 g/mol. The highest BCUT2D eigenvalue weighted by atomic mass is 16.3. The first-order chi connectivity index (χ1) is 7.27. The lowest BCUT2D eigenvalue weighted by atomic mass is 10.1. The molecule has 0 amide bonds. The van der Waals surface area contributed by atoms with Gasteiger partial charge in [-0.1, -0.05) is 13.8 Å². The molecule has 1 aliphatic rings. The van der Waals surface area contributed by atoms with E-state index in [1.807, 2.05) is 0 Å². The summed E-state index contributed by atoms with van der Waals surface area (Å²) in [6.45, 7) is 5.25. The van der Waals surface area contributed by atoms with Gasteiger partial charge in [-0.25, -0.2) is 0 Å². The quantitative estimate of drug-likeness (QED) is 0.803. The zero-order chi connectivity index (χ0) is 10.8. The Bertz CT molecular complexity index is 331. The minimum Gasteiger partial charge on any atom is -0.388 e. The molecular formula is C11H19N3O. The lowest BCUT2D eigenvalue weighted by Crippen LogP contribution is -2.11. The summed E-state index contributed by atoms with van der Waals surface area (Å²) in [4.78, 5) is 0. The molecule has 1 N–H and O–H groups in total. The molecule has 1 fully saturated rings. The lowest BCUT2D eigenvalue weighted by Gasteiger charge is -2.12. The van der Waals surface area contributed by atoms with Gasteiger partial charge in [0.1, 0.15) is 12.4 Å². The largest absolute Gasteiger partial charge is 0.388 e. The molecule has 0 radical (unpaired) electrons. The molecule has 0 aliphatic heterocycles. The van der Waals surface area contributed by atoms with E-state index in [2.05, 4.69) is 28.6 Å². The van der Waals surface area contributed by atoms with Gasteiger partial charge in [0.05, 0.1) is 0 Å². The van der Waals surface area contributed by atoms with Crippen molar-refractivity contribution in [2.75, 3.05) is 0 Å². The Labute approximate surface area is 90.3 Å². The Kier molecular flexibility index (Phi) is 3.05. The minimum absolute atomic E-state index is 0.00954. The molecule has 1 aromatic rings. The zero-order valence-electron chi connectivity index (χ0n) is 9.48. The maximum absolute atomic E-state index is 9.17. The first kappa shape index (κ1) is 10.6. The Balaban J connectivity index is 2.24. The van der Waals surface area contributed by atoms with E-state index >= 15 is 0 Å². The van der Waals surface area contributed by atoms with Crippen LogP contribution in [0.15, 0.2) is 0 Å². The molecule has 1 atom stereocenters. The molecule has 2 rings (SSSR count). The predicted molar refractivity (Wildman–Crippen MR) is 57.4 cm³/mol. The summed E-state index contributed by atoms with van der Waals surface area (Å²) in [6, 6.07) is 0. The summed E-state index contributed by atoms with van der Waals surface area (Å²) in [7, 11) is 0. The van der Waals surface area contributed by atoms with E-state index < -0.39 is 0 Å². The Morgan fingerprint density at radius 2 is 2.20 bits per heavy atom. The van der Waals surface area contributed by atoms with Gasteiger partial charge in [0.25, 0.3) is 0 Å². The molecule has 4 heteroatoms. The molecule has 15 heavy (non-hydrogen) atoms. The molecule has 1 aromatic heterocycles. The summed E-state index contributed by atoms with van der Waals surface area (Å²) in [5.74, 6) is 3.04. The molecule has 1 aliphatic carbocycles. The maximum Gasteiger partial charge on any atom is 0.158 e. The van der Waals surface area contributed by atoms with Crippen LogP contribution in [-0.2, 0) is 13.2 Å². The van der Waals surface area contributed by atoms with E-state index in [9.17, 15) is 5.11 Å². The second kappa shape index (κ2) is 4.31. The molecular weight excluding hydrogens is 190 g/mol. The van der Waals surface area contributed by atoms with Crippen molar-refractivity contribution in [1.82, 2.24) is 14.8 Å². The van der Waals surface area contributed by atoms with Crippen LogP contribution < -0.4 is 0 Å². The van der Waals surface area contributed by atoms with Crippen LogP contribution in [0, 0.1) is 5.92 Å². The van der Waals surface area contributed by atoms with Crippen molar-refractivity contribution in [2.24, 2.45) is 5.92 Å². The smallest absolute Gasteiger partial charge is 0.158 e. The Hall–Kier alpha value is -0.900. The molecule has 0 aromatic carbocycles. The number of aliphatic hydroxyl groups excluding tert-OH is 1. The van der Waals surface area contributed by atoms with Crippen LogP contribution in [0.25, 0.3) is 0 Å². The number of rotatable bonds is 5. The third-order valence-corrected chi connectivity index (χ3v) is 3.18. The van der Waals surface area contributed by atoms with E-state index in [-0.39, 0.29) is 6.61 Å². The monoisotopic (exact) mass is 209 g/mol. The first-order valence-corrected chi connectivity index (χ1v) is 5.80. The van der Waals surface area contributed by atoms with Crippen molar-refractivity contribution in [3.63, 3.8) is 0 Å². The van der Waals surface area contributed by atoms with Crippen molar-refractivity contribution in [1.29, 1.82) is 0 Å². The molecule has 84 valence electrons. The SMILES string of the molecule is CCCn1c(CO)nnc1C(C)C1CC1. The van der Waals surface area contributed by atoms with Gasteiger partial charge in [0.2, 0.25) is 0 Å². The van der Waals surface area contributed by atoms with Crippen LogP contribution in [0.4, 0.5) is 0 Å². The Morgan fingerprint density at radius 3 is 2.73 bits per heavy atom. The van der Waals surface area contributed by atoms with Gasteiger partial charge in [0, 0.05) is 12.5 Å². The molecule has 4 nitrogen and oxygen atoms in total. The van der Waals surface area contributed by atoms with Gasteiger partial charge >= 0.3 is 0 Å². The molecule has 1 saturated carbocycles. The third kappa shape index (κ3) is 2.04. The predicted octanol–water partition coefficient (Wildman–Crippen LogP) is 1.69. The standard InChI is InChI=1S/C11H19N3O/c1-3-6-14-10(7-15)12-13-11(14)8(2)9-4-5-9/h8-9,15H,3-7H2,1-2H3. The van der Waals surface area contributed by atoms with Crippen LogP contribution in [-0.4, -0.2) is 19.9 Å². The van der Waals surface area contributed by atoms with E-state index in [1.54, 1.807) is 0 Å². The topological polar surface area (TPSA) is 50.9 Å². The van der Waals surface area contributed by atoms with Gasteiger partial charge in [-0.3, -0.25) is 0 Å². The highest BCUT2D eigenvalue weighted by Crippen LogP contribution is 2.41. The fourth-order valence-electron chi connectivity index (χ4n) is 2.08. The van der Waals surface area contributed by atoms with Crippen molar-refractivity contribution in [2.45, 2.75) is 52.2 Å². The van der Waals surface area contributed by atoms with Crippen LogP contribution in [0.1, 0.15) is 50.7 Å². The maximum atomic E-state index is 9.17. The van der Waals surface area contributed by atoms with Gasteiger partial charge in [0.15, 0.2) is 5.82 Å². The second-order valence-electron chi connectivity index (χ2n) is 4.41. The average Bonchev–Trinajstić information content (AvgIpc) is 3.00.